The summed E-state index contributed by atoms with van der Waals surface area (Å²) in [4.78, 5) is 11.2. The molecule has 6 nitrogen and oxygen atoms in total. The van der Waals surface area contributed by atoms with Gasteiger partial charge in [0.25, 0.3) is 0 Å². The summed E-state index contributed by atoms with van der Waals surface area (Å²) in [7, 11) is -2.74. The number of esters is 1. The zero-order valence-electron chi connectivity index (χ0n) is 9.89. The number of nitrogens with zero attached hydrogens (tertiary/aromatic N) is 1. The number of methoxy groups -OCH3 is 1. The van der Waals surface area contributed by atoms with Gasteiger partial charge < -0.3 is 4.74 Å². The molecule has 0 aromatic carbocycles. The molecule has 1 rings (SSSR count). The second kappa shape index (κ2) is 5.02. The van der Waals surface area contributed by atoms with Crippen LogP contribution < -0.4 is 4.72 Å². The molecule has 1 unspecified atom stereocenters. The maximum absolute atomic E-state index is 11.9. The van der Waals surface area contributed by atoms with Crippen LogP contribution in [0.2, 0.25) is 0 Å². The maximum atomic E-state index is 11.9. The van der Waals surface area contributed by atoms with Crippen LogP contribution in [-0.2, 0) is 19.6 Å². The fourth-order valence-electron chi connectivity index (χ4n) is 1.87. The van der Waals surface area contributed by atoms with E-state index >= 15 is 0 Å². The number of rotatable bonds is 4. The lowest BCUT2D eigenvalue weighted by atomic mass is 10.0. The summed E-state index contributed by atoms with van der Waals surface area (Å²) < 4.78 is 30.5. The number of hydrogen-bond donors (Lipinski definition) is 1. The fraction of sp³-hybridized carbons (Fsp3) is 0.800. The Labute approximate surface area is 101 Å². The average molecular weight is 260 g/mol. The smallest absolute Gasteiger partial charge is 0.325 e. The van der Waals surface area contributed by atoms with Crippen molar-refractivity contribution in [3.05, 3.63) is 0 Å². The van der Waals surface area contributed by atoms with Gasteiger partial charge in [0.1, 0.15) is 5.54 Å². The second-order valence-corrected chi connectivity index (χ2v) is 6.21. The third-order valence-corrected chi connectivity index (χ3v) is 4.81. The SMILES string of the molecule is COC(=O)C(C)S(=O)(=O)NC1(C#N)CCCC1. The third kappa shape index (κ3) is 2.96. The van der Waals surface area contributed by atoms with Crippen molar-refractivity contribution in [2.45, 2.75) is 43.4 Å². The highest BCUT2D eigenvalue weighted by Gasteiger charge is 2.41. The summed E-state index contributed by atoms with van der Waals surface area (Å²) >= 11 is 0. The number of ether oxygens (including phenoxy) is 1. The standard InChI is InChI=1S/C10H16N2O4S/c1-8(9(13)16-2)17(14,15)12-10(7-11)5-3-4-6-10/h8,12H,3-6H2,1-2H3. The van der Waals surface area contributed by atoms with Crippen molar-refractivity contribution in [3.8, 4) is 6.07 Å². The zero-order chi connectivity index (χ0) is 13.1. The van der Waals surface area contributed by atoms with E-state index in [1.807, 2.05) is 6.07 Å². The van der Waals surface area contributed by atoms with Gasteiger partial charge in [0, 0.05) is 0 Å². The first kappa shape index (κ1) is 13.9. The average Bonchev–Trinajstić information content (AvgIpc) is 2.75. The molecule has 0 aromatic heterocycles. The minimum atomic E-state index is -3.87. The van der Waals surface area contributed by atoms with Crippen molar-refractivity contribution in [1.82, 2.24) is 4.72 Å². The molecule has 0 heterocycles. The Kier molecular flexibility index (Phi) is 4.11. The number of nitriles is 1. The predicted molar refractivity (Wildman–Crippen MR) is 60.3 cm³/mol. The summed E-state index contributed by atoms with van der Waals surface area (Å²) in [5.74, 6) is -0.830. The Morgan fingerprint density at radius 3 is 2.41 bits per heavy atom. The molecule has 0 aromatic rings. The van der Waals surface area contributed by atoms with Crippen molar-refractivity contribution in [3.63, 3.8) is 0 Å². The van der Waals surface area contributed by atoms with Crippen LogP contribution in [0.1, 0.15) is 32.6 Å². The van der Waals surface area contributed by atoms with Crippen LogP contribution in [0, 0.1) is 11.3 Å². The Balaban J connectivity index is 2.86. The molecule has 1 aliphatic rings. The molecule has 1 saturated carbocycles. The Hall–Kier alpha value is -1.13. The first-order valence-corrected chi connectivity index (χ1v) is 6.93. The van der Waals surface area contributed by atoms with Crippen LogP contribution in [0.25, 0.3) is 0 Å². The molecule has 0 saturated heterocycles. The van der Waals surface area contributed by atoms with E-state index in [1.54, 1.807) is 0 Å². The highest BCUT2D eigenvalue weighted by atomic mass is 32.2. The van der Waals surface area contributed by atoms with Crippen LogP contribution >= 0.6 is 0 Å². The lowest BCUT2D eigenvalue weighted by molar-refractivity contribution is -0.139. The molecule has 0 aliphatic heterocycles. The third-order valence-electron chi connectivity index (χ3n) is 3.01. The van der Waals surface area contributed by atoms with Crippen molar-refractivity contribution in [2.75, 3.05) is 7.11 Å². The summed E-state index contributed by atoms with van der Waals surface area (Å²) in [6.07, 6.45) is 2.58. The molecule has 0 amide bonds. The molecule has 96 valence electrons. The maximum Gasteiger partial charge on any atom is 0.325 e. The van der Waals surface area contributed by atoms with Crippen molar-refractivity contribution in [1.29, 1.82) is 5.26 Å². The molecule has 0 bridgehead atoms. The van der Waals surface area contributed by atoms with Crippen LogP contribution in [0.5, 0.6) is 0 Å². The second-order valence-electron chi connectivity index (χ2n) is 4.21. The van der Waals surface area contributed by atoms with Crippen LogP contribution in [0.15, 0.2) is 0 Å². The molecule has 0 radical (unpaired) electrons. The van der Waals surface area contributed by atoms with Crippen LogP contribution in [0.3, 0.4) is 0 Å². The largest absolute Gasteiger partial charge is 0.468 e. The van der Waals surface area contributed by atoms with E-state index in [0.29, 0.717) is 12.8 Å². The molecular formula is C10H16N2O4S. The number of carbonyl (C=O) groups is 1. The van der Waals surface area contributed by atoms with Crippen LogP contribution in [0.4, 0.5) is 0 Å². The van der Waals surface area contributed by atoms with Crippen molar-refractivity contribution >= 4 is 16.0 Å². The minimum Gasteiger partial charge on any atom is -0.468 e. The van der Waals surface area contributed by atoms with E-state index in [4.69, 9.17) is 5.26 Å². The molecule has 17 heavy (non-hydrogen) atoms. The molecule has 1 fully saturated rings. The van der Waals surface area contributed by atoms with E-state index < -0.39 is 26.8 Å². The highest BCUT2D eigenvalue weighted by molar-refractivity contribution is 7.90. The number of carbonyl (C=O) groups excluding carboxylic acids is 1. The fourth-order valence-corrected chi connectivity index (χ4v) is 3.19. The Morgan fingerprint density at radius 1 is 1.47 bits per heavy atom. The van der Waals surface area contributed by atoms with Gasteiger partial charge in [0.2, 0.25) is 10.0 Å². The first-order valence-electron chi connectivity index (χ1n) is 5.39. The molecule has 1 aliphatic carbocycles. The topological polar surface area (TPSA) is 96.3 Å². The Morgan fingerprint density at radius 2 is 2.00 bits per heavy atom. The van der Waals surface area contributed by atoms with Crippen LogP contribution in [-0.4, -0.2) is 32.3 Å². The van der Waals surface area contributed by atoms with Gasteiger partial charge in [-0.25, -0.2) is 8.42 Å². The van der Waals surface area contributed by atoms with Gasteiger partial charge in [-0.1, -0.05) is 12.8 Å². The van der Waals surface area contributed by atoms with E-state index in [9.17, 15) is 13.2 Å². The highest BCUT2D eigenvalue weighted by Crippen LogP contribution is 2.30. The number of hydrogen-bond acceptors (Lipinski definition) is 5. The Bertz CT molecular complexity index is 432. The van der Waals surface area contributed by atoms with Gasteiger partial charge >= 0.3 is 5.97 Å². The molecule has 1 N–H and O–H groups in total. The summed E-state index contributed by atoms with van der Waals surface area (Å²) in [5.41, 5.74) is -1.05. The zero-order valence-corrected chi connectivity index (χ0v) is 10.7. The van der Waals surface area contributed by atoms with Gasteiger partial charge in [-0.15, -0.1) is 0 Å². The van der Waals surface area contributed by atoms with Gasteiger partial charge in [-0.05, 0) is 19.8 Å². The predicted octanol–water partition coefficient (Wildman–Crippen LogP) is 0.304. The molecule has 0 spiro atoms. The van der Waals surface area contributed by atoms with Gasteiger partial charge in [0.05, 0.1) is 13.2 Å². The van der Waals surface area contributed by atoms with E-state index in [-0.39, 0.29) is 0 Å². The van der Waals surface area contributed by atoms with E-state index in [0.717, 1.165) is 20.0 Å². The number of nitrogens with one attached hydrogen (secondary N) is 1. The number of sulfonamides is 1. The first-order chi connectivity index (χ1) is 7.87. The van der Waals surface area contributed by atoms with Gasteiger partial charge in [0.15, 0.2) is 5.25 Å². The monoisotopic (exact) mass is 260 g/mol. The van der Waals surface area contributed by atoms with E-state index in [2.05, 4.69) is 9.46 Å². The molecule has 1 atom stereocenters. The minimum absolute atomic E-state index is 0.483. The summed E-state index contributed by atoms with van der Waals surface area (Å²) in [5, 5.41) is 7.76. The molecule has 7 heteroatoms. The lowest BCUT2D eigenvalue weighted by Crippen LogP contribution is -2.50. The van der Waals surface area contributed by atoms with Crippen molar-refractivity contribution in [2.24, 2.45) is 0 Å². The van der Waals surface area contributed by atoms with Gasteiger partial charge in [-0.2, -0.15) is 9.98 Å². The summed E-state index contributed by atoms with van der Waals surface area (Å²) in [6.45, 7) is 1.24. The quantitative estimate of drug-likeness (QED) is 0.733. The van der Waals surface area contributed by atoms with E-state index in [1.165, 1.54) is 6.92 Å². The lowest BCUT2D eigenvalue weighted by Gasteiger charge is -2.23. The molecular weight excluding hydrogens is 244 g/mol. The van der Waals surface area contributed by atoms with Crippen molar-refractivity contribution < 1.29 is 17.9 Å². The summed E-state index contributed by atoms with van der Waals surface area (Å²) in [6, 6.07) is 2.00. The normalized spacial score (nSPS) is 20.5. The van der Waals surface area contributed by atoms with Gasteiger partial charge in [-0.3, -0.25) is 4.79 Å².